The van der Waals surface area contributed by atoms with E-state index in [9.17, 15) is 4.79 Å². The lowest BCUT2D eigenvalue weighted by Gasteiger charge is -2.24. The first-order valence-electron chi connectivity index (χ1n) is 8.31. The van der Waals surface area contributed by atoms with E-state index in [1.54, 1.807) is 0 Å². The van der Waals surface area contributed by atoms with E-state index in [0.29, 0.717) is 17.9 Å². The molecular formula is C18H26N2O. The maximum atomic E-state index is 12.6. The first-order chi connectivity index (χ1) is 10.1. The molecule has 0 bridgehead atoms. The van der Waals surface area contributed by atoms with E-state index in [-0.39, 0.29) is 11.9 Å². The van der Waals surface area contributed by atoms with Crippen LogP contribution in [0.1, 0.15) is 57.4 Å². The van der Waals surface area contributed by atoms with Gasteiger partial charge in [-0.25, -0.2) is 0 Å². The van der Waals surface area contributed by atoms with Crippen molar-refractivity contribution in [1.29, 1.82) is 0 Å². The van der Waals surface area contributed by atoms with Crippen LogP contribution in [0.3, 0.4) is 0 Å². The molecule has 2 N–H and O–H groups in total. The van der Waals surface area contributed by atoms with E-state index in [1.807, 2.05) is 18.2 Å². The number of nitrogens with one attached hydrogen (secondary N) is 2. The second-order valence-electron chi connectivity index (χ2n) is 6.84. The van der Waals surface area contributed by atoms with E-state index >= 15 is 0 Å². The lowest BCUT2D eigenvalue weighted by Crippen LogP contribution is -2.40. The van der Waals surface area contributed by atoms with Gasteiger partial charge in [-0.2, -0.15) is 0 Å². The van der Waals surface area contributed by atoms with Gasteiger partial charge < -0.3 is 10.6 Å². The zero-order valence-electron chi connectivity index (χ0n) is 13.1. The molecule has 3 atom stereocenters. The quantitative estimate of drug-likeness (QED) is 0.890. The Morgan fingerprint density at radius 3 is 2.76 bits per heavy atom. The predicted octanol–water partition coefficient (Wildman–Crippen LogP) is 3.67. The van der Waals surface area contributed by atoms with Gasteiger partial charge in [0.15, 0.2) is 0 Å². The number of carbonyl (C=O) groups is 1. The van der Waals surface area contributed by atoms with Gasteiger partial charge in [0.05, 0.1) is 6.04 Å². The Morgan fingerprint density at radius 2 is 2.00 bits per heavy atom. The number of amides is 1. The maximum Gasteiger partial charge on any atom is 0.241 e. The molecule has 1 aliphatic carbocycles. The van der Waals surface area contributed by atoms with Gasteiger partial charge in [-0.15, -0.1) is 0 Å². The van der Waals surface area contributed by atoms with Crippen LogP contribution in [0.25, 0.3) is 0 Å². The van der Waals surface area contributed by atoms with Gasteiger partial charge in [0.2, 0.25) is 5.91 Å². The highest BCUT2D eigenvalue weighted by molar-refractivity contribution is 5.95. The van der Waals surface area contributed by atoms with Gasteiger partial charge in [-0.1, -0.05) is 44.9 Å². The summed E-state index contributed by atoms with van der Waals surface area (Å²) in [5, 5.41) is 6.69. The van der Waals surface area contributed by atoms with Crippen molar-refractivity contribution in [3.63, 3.8) is 0 Å². The standard InChI is InChI=1S/C18H26N2O/c1-12(2)14-8-4-6-10-16(14)20-18(21)17-11-13-7-3-5-9-15(13)19-17/h4,6,8,10,12-13,15,17,19H,3,5,7,9,11H2,1-2H3,(H,20,21). The normalized spacial score (nSPS) is 28.4. The van der Waals surface area contributed by atoms with Crippen molar-refractivity contribution in [2.45, 2.75) is 64.0 Å². The third kappa shape index (κ3) is 3.13. The Bertz CT molecular complexity index is 498. The number of hydrogen-bond acceptors (Lipinski definition) is 2. The Hall–Kier alpha value is -1.35. The molecule has 2 aliphatic rings. The fourth-order valence-corrected chi connectivity index (χ4v) is 3.86. The zero-order valence-corrected chi connectivity index (χ0v) is 13.1. The monoisotopic (exact) mass is 286 g/mol. The molecule has 1 amide bonds. The number of carbonyl (C=O) groups excluding carboxylic acids is 1. The summed E-state index contributed by atoms with van der Waals surface area (Å²) in [4.78, 5) is 12.6. The molecule has 3 rings (SSSR count). The van der Waals surface area contributed by atoms with Crippen LogP contribution in [-0.4, -0.2) is 18.0 Å². The van der Waals surface area contributed by atoms with Gasteiger partial charge in [0, 0.05) is 11.7 Å². The number of fused-ring (bicyclic) bond motifs is 1. The number of rotatable bonds is 3. The highest BCUT2D eigenvalue weighted by Gasteiger charge is 2.38. The molecular weight excluding hydrogens is 260 g/mol. The number of para-hydroxylation sites is 1. The lowest BCUT2D eigenvalue weighted by atomic mass is 9.85. The maximum absolute atomic E-state index is 12.6. The summed E-state index contributed by atoms with van der Waals surface area (Å²) in [6.45, 7) is 4.32. The van der Waals surface area contributed by atoms with Crippen molar-refractivity contribution in [3.05, 3.63) is 29.8 Å². The summed E-state index contributed by atoms with van der Waals surface area (Å²) in [6, 6.07) is 8.68. The Morgan fingerprint density at radius 1 is 1.24 bits per heavy atom. The van der Waals surface area contributed by atoms with Crippen molar-refractivity contribution in [1.82, 2.24) is 5.32 Å². The number of hydrogen-bond donors (Lipinski definition) is 2. The molecule has 1 aromatic carbocycles. The minimum absolute atomic E-state index is 0.0154. The minimum atomic E-state index is -0.0154. The summed E-state index contributed by atoms with van der Waals surface area (Å²) in [5.41, 5.74) is 2.18. The lowest BCUT2D eigenvalue weighted by molar-refractivity contribution is -0.117. The van der Waals surface area contributed by atoms with E-state index in [4.69, 9.17) is 0 Å². The van der Waals surface area contributed by atoms with E-state index in [1.165, 1.54) is 31.2 Å². The van der Waals surface area contributed by atoms with E-state index < -0.39 is 0 Å². The molecule has 1 heterocycles. The molecule has 2 fully saturated rings. The Balaban J connectivity index is 1.67. The van der Waals surface area contributed by atoms with E-state index in [2.05, 4.69) is 30.5 Å². The zero-order chi connectivity index (χ0) is 14.8. The highest BCUT2D eigenvalue weighted by atomic mass is 16.2. The highest BCUT2D eigenvalue weighted by Crippen LogP contribution is 2.33. The van der Waals surface area contributed by atoms with Crippen LogP contribution in [0.2, 0.25) is 0 Å². The van der Waals surface area contributed by atoms with Crippen LogP contribution in [0.4, 0.5) is 5.69 Å². The first-order valence-corrected chi connectivity index (χ1v) is 8.31. The molecule has 3 heteroatoms. The van der Waals surface area contributed by atoms with Crippen molar-refractivity contribution in [3.8, 4) is 0 Å². The van der Waals surface area contributed by atoms with Crippen LogP contribution in [-0.2, 0) is 4.79 Å². The number of benzene rings is 1. The number of anilines is 1. The van der Waals surface area contributed by atoms with Gasteiger partial charge in [0.25, 0.3) is 0 Å². The second kappa shape index (κ2) is 6.18. The summed E-state index contributed by atoms with van der Waals surface area (Å²) in [6.07, 6.45) is 6.15. The minimum Gasteiger partial charge on any atom is -0.324 e. The molecule has 3 nitrogen and oxygen atoms in total. The first kappa shape index (κ1) is 14.6. The van der Waals surface area contributed by atoms with Gasteiger partial charge in [-0.05, 0) is 42.7 Å². The van der Waals surface area contributed by atoms with E-state index in [0.717, 1.165) is 12.1 Å². The molecule has 114 valence electrons. The third-order valence-corrected chi connectivity index (χ3v) is 5.02. The fraction of sp³-hybridized carbons (Fsp3) is 0.611. The molecule has 1 saturated carbocycles. The van der Waals surface area contributed by atoms with Crippen LogP contribution in [0.15, 0.2) is 24.3 Å². The largest absolute Gasteiger partial charge is 0.324 e. The summed E-state index contributed by atoms with van der Waals surface area (Å²) >= 11 is 0. The van der Waals surface area contributed by atoms with Crippen LogP contribution < -0.4 is 10.6 Å². The van der Waals surface area contributed by atoms with Crippen LogP contribution in [0, 0.1) is 5.92 Å². The molecule has 1 aromatic rings. The molecule has 21 heavy (non-hydrogen) atoms. The molecule has 1 saturated heterocycles. The van der Waals surface area contributed by atoms with Crippen molar-refractivity contribution in [2.24, 2.45) is 5.92 Å². The van der Waals surface area contributed by atoms with Crippen molar-refractivity contribution in [2.75, 3.05) is 5.32 Å². The second-order valence-corrected chi connectivity index (χ2v) is 6.84. The summed E-state index contributed by atoms with van der Waals surface area (Å²) in [7, 11) is 0. The molecule has 0 spiro atoms. The predicted molar refractivity (Wildman–Crippen MR) is 86.4 cm³/mol. The molecule has 3 unspecified atom stereocenters. The average Bonchev–Trinajstić information content (AvgIpc) is 2.91. The average molecular weight is 286 g/mol. The van der Waals surface area contributed by atoms with Gasteiger partial charge in [-0.3, -0.25) is 4.79 Å². The molecule has 1 aliphatic heterocycles. The third-order valence-electron chi connectivity index (χ3n) is 5.02. The topological polar surface area (TPSA) is 41.1 Å². The molecule has 0 aromatic heterocycles. The van der Waals surface area contributed by atoms with Crippen LogP contribution >= 0.6 is 0 Å². The smallest absolute Gasteiger partial charge is 0.241 e. The van der Waals surface area contributed by atoms with Gasteiger partial charge >= 0.3 is 0 Å². The summed E-state index contributed by atoms with van der Waals surface area (Å²) < 4.78 is 0. The Labute approximate surface area is 127 Å². The SMILES string of the molecule is CC(C)c1ccccc1NC(=O)C1CC2CCCCC2N1. The van der Waals surface area contributed by atoms with Crippen molar-refractivity contribution < 1.29 is 4.79 Å². The Kier molecular flexibility index (Phi) is 4.29. The molecule has 0 radical (unpaired) electrons. The van der Waals surface area contributed by atoms with Gasteiger partial charge in [0.1, 0.15) is 0 Å². The van der Waals surface area contributed by atoms with Crippen LogP contribution in [0.5, 0.6) is 0 Å². The fourth-order valence-electron chi connectivity index (χ4n) is 3.86. The van der Waals surface area contributed by atoms with Crippen molar-refractivity contribution >= 4 is 11.6 Å². The summed E-state index contributed by atoms with van der Waals surface area (Å²) in [5.74, 6) is 1.26.